The van der Waals surface area contributed by atoms with Gasteiger partial charge >= 0.3 is 5.97 Å². The van der Waals surface area contributed by atoms with Crippen molar-refractivity contribution in [2.75, 3.05) is 13.3 Å². The van der Waals surface area contributed by atoms with Crippen LogP contribution < -0.4 is 4.74 Å². The molecular weight excluding hydrogens is 400 g/mol. The van der Waals surface area contributed by atoms with Crippen LogP contribution in [0.25, 0.3) is 16.6 Å². The Hall–Kier alpha value is -3.57. The van der Waals surface area contributed by atoms with Crippen LogP contribution in [0.15, 0.2) is 72.8 Å². The first kappa shape index (κ1) is 20.3. The Morgan fingerprint density at radius 3 is 2.44 bits per heavy atom. The van der Waals surface area contributed by atoms with E-state index in [1.165, 1.54) is 5.56 Å². The highest BCUT2D eigenvalue weighted by Gasteiger charge is 2.28. The molecule has 0 radical (unpaired) electrons. The fraction of sp³-hybridized carbons (Fsp3) is 0.222. The molecule has 0 saturated carbocycles. The Kier molecular flexibility index (Phi) is 5.41. The van der Waals surface area contributed by atoms with Crippen molar-refractivity contribution in [1.29, 1.82) is 0 Å². The smallest absolute Gasteiger partial charge is 0.340 e. The van der Waals surface area contributed by atoms with E-state index in [0.29, 0.717) is 25.4 Å². The lowest BCUT2D eigenvalue weighted by atomic mass is 10.0. The maximum atomic E-state index is 13.1. The molecule has 3 aromatic carbocycles. The number of hydrogen-bond donors (Lipinski definition) is 0. The van der Waals surface area contributed by atoms with Gasteiger partial charge in [0.2, 0.25) is 0 Å². The molecule has 0 N–H and O–H groups in total. The zero-order valence-corrected chi connectivity index (χ0v) is 18.4. The van der Waals surface area contributed by atoms with E-state index in [9.17, 15) is 4.79 Å². The van der Waals surface area contributed by atoms with E-state index in [0.717, 1.165) is 40.1 Å². The molecule has 0 amide bonds. The predicted molar refractivity (Wildman–Crippen MR) is 125 cm³/mol. The van der Waals surface area contributed by atoms with Gasteiger partial charge in [-0.15, -0.1) is 0 Å². The third-order valence-corrected chi connectivity index (χ3v) is 5.96. The molecule has 0 aliphatic carbocycles. The van der Waals surface area contributed by atoms with E-state index in [1.54, 1.807) is 0 Å². The fourth-order valence-corrected chi connectivity index (χ4v) is 4.58. The van der Waals surface area contributed by atoms with Crippen molar-refractivity contribution in [2.45, 2.75) is 26.9 Å². The van der Waals surface area contributed by atoms with Gasteiger partial charge in [-0.05, 0) is 43.7 Å². The zero-order chi connectivity index (χ0) is 22.1. The van der Waals surface area contributed by atoms with E-state index in [4.69, 9.17) is 9.47 Å². The maximum absolute atomic E-state index is 13.1. The molecule has 162 valence electrons. The lowest BCUT2D eigenvalue weighted by Gasteiger charge is -2.29. The normalized spacial score (nSPS) is 13.6. The van der Waals surface area contributed by atoms with E-state index in [2.05, 4.69) is 45.9 Å². The summed E-state index contributed by atoms with van der Waals surface area (Å²) in [6, 6.07) is 24.5. The first-order valence-corrected chi connectivity index (χ1v) is 11.0. The number of rotatable bonds is 5. The number of carbonyl (C=O) groups is 1. The Morgan fingerprint density at radius 1 is 1.00 bits per heavy atom. The SMILES string of the molecule is CCOC(=O)c1c(C)n(-c2ccccc2)c2ccc3c(c12)CN(Cc1ccccc1)CO3. The predicted octanol–water partition coefficient (Wildman–Crippen LogP) is 5.47. The van der Waals surface area contributed by atoms with Gasteiger partial charge in [-0.3, -0.25) is 4.90 Å². The highest BCUT2D eigenvalue weighted by molar-refractivity contribution is 6.08. The molecule has 0 saturated heterocycles. The largest absolute Gasteiger partial charge is 0.478 e. The second-order valence-electron chi connectivity index (χ2n) is 8.03. The maximum Gasteiger partial charge on any atom is 0.340 e. The molecular formula is C27H26N2O3. The van der Waals surface area contributed by atoms with Gasteiger partial charge in [-0.25, -0.2) is 4.79 Å². The van der Waals surface area contributed by atoms with Gasteiger partial charge in [0.1, 0.15) is 12.5 Å². The van der Waals surface area contributed by atoms with Crippen LogP contribution in [-0.2, 0) is 17.8 Å². The van der Waals surface area contributed by atoms with Gasteiger partial charge < -0.3 is 14.0 Å². The highest BCUT2D eigenvalue weighted by atomic mass is 16.5. The van der Waals surface area contributed by atoms with E-state index >= 15 is 0 Å². The summed E-state index contributed by atoms with van der Waals surface area (Å²) in [6.07, 6.45) is 0. The molecule has 0 bridgehead atoms. The first-order valence-electron chi connectivity index (χ1n) is 11.0. The van der Waals surface area contributed by atoms with Crippen molar-refractivity contribution in [3.05, 3.63) is 95.2 Å². The molecule has 5 rings (SSSR count). The van der Waals surface area contributed by atoms with Crippen LogP contribution >= 0.6 is 0 Å². The van der Waals surface area contributed by atoms with Gasteiger partial charge in [0.05, 0.1) is 17.7 Å². The van der Waals surface area contributed by atoms with Crippen LogP contribution in [0.2, 0.25) is 0 Å². The summed E-state index contributed by atoms with van der Waals surface area (Å²) < 4.78 is 13.7. The molecule has 2 heterocycles. The molecule has 0 spiro atoms. The third-order valence-electron chi connectivity index (χ3n) is 5.96. The third kappa shape index (κ3) is 3.55. The molecule has 1 aliphatic heterocycles. The number of carbonyl (C=O) groups excluding carboxylic acids is 1. The summed E-state index contributed by atoms with van der Waals surface area (Å²) in [7, 11) is 0. The van der Waals surface area contributed by atoms with Crippen LogP contribution in [0.5, 0.6) is 5.75 Å². The molecule has 0 atom stereocenters. The second-order valence-corrected chi connectivity index (χ2v) is 8.03. The number of aromatic nitrogens is 1. The van der Waals surface area contributed by atoms with Gasteiger partial charge in [-0.2, -0.15) is 0 Å². The van der Waals surface area contributed by atoms with Crippen molar-refractivity contribution in [1.82, 2.24) is 9.47 Å². The minimum Gasteiger partial charge on any atom is -0.478 e. The zero-order valence-electron chi connectivity index (χ0n) is 18.4. The topological polar surface area (TPSA) is 43.7 Å². The standard InChI is InChI=1S/C27H26N2O3/c1-3-31-27(30)25-19(2)29(21-12-8-5-9-13-21)23-14-15-24-22(26(23)25)17-28(18-32-24)16-20-10-6-4-7-11-20/h4-15H,3,16-18H2,1-2H3. The number of esters is 1. The summed E-state index contributed by atoms with van der Waals surface area (Å²) in [5.74, 6) is 0.538. The summed E-state index contributed by atoms with van der Waals surface area (Å²) in [5.41, 5.74) is 5.76. The van der Waals surface area contributed by atoms with Crippen molar-refractivity contribution < 1.29 is 14.3 Å². The number of ether oxygens (including phenoxy) is 2. The quantitative estimate of drug-likeness (QED) is 0.397. The Bertz CT molecular complexity index is 1260. The van der Waals surface area contributed by atoms with Gasteiger partial charge in [0.25, 0.3) is 0 Å². The van der Waals surface area contributed by atoms with Gasteiger partial charge in [0.15, 0.2) is 0 Å². The van der Waals surface area contributed by atoms with Crippen LogP contribution in [0.3, 0.4) is 0 Å². The summed E-state index contributed by atoms with van der Waals surface area (Å²) in [5, 5.41) is 0.917. The number of nitrogens with zero attached hydrogens (tertiary/aromatic N) is 2. The van der Waals surface area contributed by atoms with Gasteiger partial charge in [-0.1, -0.05) is 48.5 Å². The summed E-state index contributed by atoms with van der Waals surface area (Å²) in [4.78, 5) is 15.3. The molecule has 4 aromatic rings. The minimum atomic E-state index is -0.293. The molecule has 1 aliphatic rings. The lowest BCUT2D eigenvalue weighted by Crippen LogP contribution is -2.31. The monoisotopic (exact) mass is 426 g/mol. The van der Waals surface area contributed by atoms with Crippen molar-refractivity contribution >= 4 is 16.9 Å². The van der Waals surface area contributed by atoms with Crippen molar-refractivity contribution in [3.63, 3.8) is 0 Å². The molecule has 0 unspecified atom stereocenters. The van der Waals surface area contributed by atoms with Crippen LogP contribution in [0, 0.1) is 6.92 Å². The van der Waals surface area contributed by atoms with E-state index in [-0.39, 0.29) is 5.97 Å². The fourth-order valence-electron chi connectivity index (χ4n) is 4.58. The Morgan fingerprint density at radius 2 is 1.72 bits per heavy atom. The Labute approximate surface area is 187 Å². The van der Waals surface area contributed by atoms with Crippen LogP contribution in [0.4, 0.5) is 0 Å². The van der Waals surface area contributed by atoms with Gasteiger partial charge in [0, 0.05) is 35.4 Å². The number of benzene rings is 3. The number of fused-ring (bicyclic) bond motifs is 3. The molecule has 1 aromatic heterocycles. The molecule has 5 heteroatoms. The van der Waals surface area contributed by atoms with E-state index < -0.39 is 0 Å². The summed E-state index contributed by atoms with van der Waals surface area (Å²) >= 11 is 0. The number of hydrogen-bond acceptors (Lipinski definition) is 4. The lowest BCUT2D eigenvalue weighted by molar-refractivity contribution is 0.0527. The first-order chi connectivity index (χ1) is 15.7. The Balaban J connectivity index is 1.66. The average molecular weight is 427 g/mol. The second kappa shape index (κ2) is 8.52. The molecule has 32 heavy (non-hydrogen) atoms. The number of para-hydroxylation sites is 1. The molecule has 0 fully saturated rings. The van der Waals surface area contributed by atoms with E-state index in [1.807, 2.05) is 50.2 Å². The highest BCUT2D eigenvalue weighted by Crippen LogP contribution is 2.39. The van der Waals surface area contributed by atoms with Crippen molar-refractivity contribution in [2.24, 2.45) is 0 Å². The average Bonchev–Trinajstić information content (AvgIpc) is 3.13. The summed E-state index contributed by atoms with van der Waals surface area (Å²) in [6.45, 7) is 6.15. The van der Waals surface area contributed by atoms with Crippen LogP contribution in [0.1, 0.15) is 34.1 Å². The minimum absolute atomic E-state index is 0.293. The molecule has 5 nitrogen and oxygen atoms in total. The van der Waals surface area contributed by atoms with Crippen molar-refractivity contribution in [3.8, 4) is 11.4 Å². The van der Waals surface area contributed by atoms with Crippen LogP contribution in [-0.4, -0.2) is 28.8 Å².